The molecule has 8 heteroatoms. The van der Waals surface area contributed by atoms with Gasteiger partial charge in [0.15, 0.2) is 5.92 Å². The standard InChI is InChI=1S/C12H12F6O2/c1-2-20-8-5-3-4-7(6-8)9(19)10(11(13,14)15)12(16,17)18/h3-6,9-10,19H,2H2,1H3. The molecular formula is C12H12F6O2. The van der Waals surface area contributed by atoms with Gasteiger partial charge in [-0.3, -0.25) is 0 Å². The summed E-state index contributed by atoms with van der Waals surface area (Å²) in [6.45, 7) is 1.80. The van der Waals surface area contributed by atoms with Crippen molar-refractivity contribution in [3.05, 3.63) is 29.8 Å². The van der Waals surface area contributed by atoms with Gasteiger partial charge in [-0.15, -0.1) is 0 Å². The first-order valence-corrected chi connectivity index (χ1v) is 5.61. The molecule has 0 spiro atoms. The largest absolute Gasteiger partial charge is 0.494 e. The van der Waals surface area contributed by atoms with Crippen LogP contribution in [0.5, 0.6) is 5.75 Å². The number of alkyl halides is 6. The number of halogens is 6. The minimum Gasteiger partial charge on any atom is -0.494 e. The Kier molecular flexibility index (Phi) is 4.90. The molecule has 1 aromatic carbocycles. The maximum atomic E-state index is 12.5. The number of aliphatic hydroxyl groups is 1. The van der Waals surface area contributed by atoms with Gasteiger partial charge < -0.3 is 9.84 Å². The van der Waals surface area contributed by atoms with E-state index in [0.717, 1.165) is 12.1 Å². The van der Waals surface area contributed by atoms with E-state index in [1.807, 2.05) is 0 Å². The normalized spacial score (nSPS) is 14.4. The zero-order valence-electron chi connectivity index (χ0n) is 10.3. The highest BCUT2D eigenvalue weighted by Crippen LogP contribution is 2.46. The molecule has 1 aromatic rings. The van der Waals surface area contributed by atoms with Gasteiger partial charge in [0.05, 0.1) is 12.7 Å². The van der Waals surface area contributed by atoms with Crippen molar-refractivity contribution in [2.75, 3.05) is 6.61 Å². The van der Waals surface area contributed by atoms with Gasteiger partial charge in [-0.05, 0) is 24.6 Å². The molecule has 0 bridgehead atoms. The highest BCUT2D eigenvalue weighted by Gasteiger charge is 2.60. The lowest BCUT2D eigenvalue weighted by Gasteiger charge is -2.27. The molecule has 1 N–H and O–H groups in total. The van der Waals surface area contributed by atoms with E-state index < -0.39 is 29.9 Å². The molecule has 0 aromatic heterocycles. The van der Waals surface area contributed by atoms with Crippen LogP contribution in [0.15, 0.2) is 24.3 Å². The number of hydrogen-bond donors (Lipinski definition) is 1. The van der Waals surface area contributed by atoms with E-state index >= 15 is 0 Å². The fraction of sp³-hybridized carbons (Fsp3) is 0.500. The molecule has 0 aliphatic rings. The molecule has 0 aliphatic heterocycles. The van der Waals surface area contributed by atoms with E-state index in [2.05, 4.69) is 0 Å². The Hall–Kier alpha value is -1.44. The van der Waals surface area contributed by atoms with Crippen LogP contribution in [-0.4, -0.2) is 24.1 Å². The zero-order valence-corrected chi connectivity index (χ0v) is 10.3. The van der Waals surface area contributed by atoms with Crippen molar-refractivity contribution in [2.45, 2.75) is 25.4 Å². The van der Waals surface area contributed by atoms with Crippen LogP contribution in [0.4, 0.5) is 26.3 Å². The van der Waals surface area contributed by atoms with Crippen LogP contribution >= 0.6 is 0 Å². The van der Waals surface area contributed by atoms with Gasteiger partial charge in [-0.25, -0.2) is 0 Å². The number of ether oxygens (including phenoxy) is 1. The van der Waals surface area contributed by atoms with Gasteiger partial charge in [0.25, 0.3) is 0 Å². The van der Waals surface area contributed by atoms with E-state index in [4.69, 9.17) is 4.74 Å². The Labute approximate surface area is 111 Å². The molecule has 0 aliphatic carbocycles. The van der Waals surface area contributed by atoms with Crippen molar-refractivity contribution in [1.82, 2.24) is 0 Å². The van der Waals surface area contributed by atoms with Crippen LogP contribution in [0.2, 0.25) is 0 Å². The predicted molar refractivity (Wildman–Crippen MR) is 58.2 cm³/mol. The molecule has 1 rings (SSSR count). The lowest BCUT2D eigenvalue weighted by atomic mass is 9.94. The van der Waals surface area contributed by atoms with E-state index in [1.165, 1.54) is 12.1 Å². The van der Waals surface area contributed by atoms with Gasteiger partial charge in [0, 0.05) is 0 Å². The molecule has 2 nitrogen and oxygen atoms in total. The fourth-order valence-electron chi connectivity index (χ4n) is 1.69. The van der Waals surface area contributed by atoms with E-state index in [-0.39, 0.29) is 12.4 Å². The minimum absolute atomic E-state index is 0.0900. The summed E-state index contributed by atoms with van der Waals surface area (Å²) in [5.74, 6) is -3.75. The maximum absolute atomic E-state index is 12.5. The molecule has 0 fully saturated rings. The van der Waals surface area contributed by atoms with Crippen LogP contribution in [0, 0.1) is 5.92 Å². The van der Waals surface area contributed by atoms with Gasteiger partial charge in [0.2, 0.25) is 0 Å². The monoisotopic (exact) mass is 302 g/mol. The Morgan fingerprint density at radius 1 is 1.10 bits per heavy atom. The average Bonchev–Trinajstić information content (AvgIpc) is 2.25. The number of benzene rings is 1. The van der Waals surface area contributed by atoms with Crippen LogP contribution < -0.4 is 4.74 Å². The van der Waals surface area contributed by atoms with Gasteiger partial charge >= 0.3 is 12.4 Å². The number of hydrogen-bond acceptors (Lipinski definition) is 2. The molecule has 0 heterocycles. The lowest BCUT2D eigenvalue weighted by molar-refractivity contribution is -0.307. The first-order valence-electron chi connectivity index (χ1n) is 5.61. The smallest absolute Gasteiger partial charge is 0.403 e. The molecule has 20 heavy (non-hydrogen) atoms. The topological polar surface area (TPSA) is 29.5 Å². The van der Waals surface area contributed by atoms with E-state index in [0.29, 0.717) is 0 Å². The summed E-state index contributed by atoms with van der Waals surface area (Å²) in [7, 11) is 0. The summed E-state index contributed by atoms with van der Waals surface area (Å²) in [5, 5.41) is 9.45. The highest BCUT2D eigenvalue weighted by molar-refractivity contribution is 5.30. The molecule has 1 atom stereocenters. The summed E-state index contributed by atoms with van der Waals surface area (Å²) < 4.78 is 79.9. The third-order valence-electron chi connectivity index (χ3n) is 2.53. The van der Waals surface area contributed by atoms with E-state index in [9.17, 15) is 31.4 Å². The predicted octanol–water partition coefficient (Wildman–Crippen LogP) is 3.86. The summed E-state index contributed by atoms with van der Waals surface area (Å²) in [4.78, 5) is 0. The van der Waals surface area contributed by atoms with Gasteiger partial charge in [-0.1, -0.05) is 12.1 Å². The first-order chi connectivity index (χ1) is 9.07. The second-order valence-electron chi connectivity index (χ2n) is 4.01. The van der Waals surface area contributed by atoms with Crippen molar-refractivity contribution < 1.29 is 36.2 Å². The highest BCUT2D eigenvalue weighted by atomic mass is 19.4. The third kappa shape index (κ3) is 4.03. The molecule has 0 saturated carbocycles. The maximum Gasteiger partial charge on any atom is 0.403 e. The van der Waals surface area contributed by atoms with E-state index in [1.54, 1.807) is 6.92 Å². The van der Waals surface area contributed by atoms with Crippen LogP contribution in [0.25, 0.3) is 0 Å². The molecule has 0 amide bonds. The molecule has 114 valence electrons. The Balaban J connectivity index is 3.13. The molecular weight excluding hydrogens is 290 g/mol. The van der Waals surface area contributed by atoms with Crippen molar-refractivity contribution in [3.8, 4) is 5.75 Å². The average molecular weight is 302 g/mol. The zero-order chi connectivity index (χ0) is 15.6. The van der Waals surface area contributed by atoms with Crippen LogP contribution in [-0.2, 0) is 0 Å². The molecule has 0 saturated heterocycles. The Bertz CT molecular complexity index is 426. The number of rotatable bonds is 4. The summed E-state index contributed by atoms with van der Waals surface area (Å²) >= 11 is 0. The second kappa shape index (κ2) is 5.90. The summed E-state index contributed by atoms with van der Waals surface area (Å²) in [5.41, 5.74) is -0.504. The molecule has 0 radical (unpaired) electrons. The van der Waals surface area contributed by atoms with Gasteiger partial charge in [0.1, 0.15) is 5.75 Å². The van der Waals surface area contributed by atoms with Crippen LogP contribution in [0.1, 0.15) is 18.6 Å². The summed E-state index contributed by atoms with van der Waals surface area (Å²) in [6, 6.07) is 4.53. The third-order valence-corrected chi connectivity index (χ3v) is 2.53. The second-order valence-corrected chi connectivity index (χ2v) is 4.01. The summed E-state index contributed by atoms with van der Waals surface area (Å²) in [6.07, 6.45) is -13.9. The quantitative estimate of drug-likeness (QED) is 0.856. The molecule has 1 unspecified atom stereocenters. The van der Waals surface area contributed by atoms with Crippen LogP contribution in [0.3, 0.4) is 0 Å². The van der Waals surface area contributed by atoms with Gasteiger partial charge in [-0.2, -0.15) is 26.3 Å². The Morgan fingerprint density at radius 3 is 2.10 bits per heavy atom. The first kappa shape index (κ1) is 16.6. The minimum atomic E-state index is -5.60. The van der Waals surface area contributed by atoms with Crippen molar-refractivity contribution in [2.24, 2.45) is 5.92 Å². The lowest BCUT2D eigenvalue weighted by Crippen LogP contribution is -2.40. The fourth-order valence-corrected chi connectivity index (χ4v) is 1.69. The SMILES string of the molecule is CCOc1cccc(C(O)C(C(F)(F)F)C(F)(F)F)c1. The van der Waals surface area contributed by atoms with Crippen molar-refractivity contribution in [1.29, 1.82) is 0 Å². The number of aliphatic hydroxyl groups excluding tert-OH is 1. The Morgan fingerprint density at radius 2 is 1.65 bits per heavy atom. The van der Waals surface area contributed by atoms with Crippen molar-refractivity contribution >= 4 is 0 Å². The van der Waals surface area contributed by atoms with Crippen molar-refractivity contribution in [3.63, 3.8) is 0 Å².